The van der Waals surface area contributed by atoms with Crippen LogP contribution in [0.4, 0.5) is 0 Å². The van der Waals surface area contributed by atoms with Gasteiger partial charge in [0.1, 0.15) is 0 Å². The highest BCUT2D eigenvalue weighted by atomic mass is 16.4. The van der Waals surface area contributed by atoms with Crippen LogP contribution in [0.2, 0.25) is 0 Å². The van der Waals surface area contributed by atoms with Crippen molar-refractivity contribution in [3.63, 3.8) is 0 Å². The number of benzene rings is 1. The van der Waals surface area contributed by atoms with Gasteiger partial charge in [0.15, 0.2) is 5.69 Å². The Morgan fingerprint density at radius 1 is 1.36 bits per heavy atom. The van der Waals surface area contributed by atoms with E-state index >= 15 is 0 Å². The summed E-state index contributed by atoms with van der Waals surface area (Å²) in [4.78, 5) is 16.8. The molecule has 1 aliphatic heterocycles. The number of H-pyrrole nitrogens is 1. The summed E-state index contributed by atoms with van der Waals surface area (Å²) in [6.45, 7) is 3.69. The van der Waals surface area contributed by atoms with Crippen molar-refractivity contribution < 1.29 is 9.90 Å². The first-order valence-electron chi connectivity index (χ1n) is 8.60. The van der Waals surface area contributed by atoms with Crippen molar-refractivity contribution >= 4 is 16.9 Å². The van der Waals surface area contributed by atoms with Crippen LogP contribution >= 0.6 is 0 Å². The second-order valence-electron chi connectivity index (χ2n) is 6.76. The number of piperidine rings is 1. The summed E-state index contributed by atoms with van der Waals surface area (Å²) in [7, 11) is 0. The zero-order chi connectivity index (χ0) is 17.2. The van der Waals surface area contributed by atoms with Crippen molar-refractivity contribution in [3.05, 3.63) is 47.9 Å². The number of fused-ring (bicyclic) bond motifs is 1. The average Bonchev–Trinajstić information content (AvgIpc) is 3.21. The number of likely N-dealkylation sites (tertiary alicyclic amines) is 1. The lowest BCUT2D eigenvalue weighted by atomic mass is 9.98. The molecule has 25 heavy (non-hydrogen) atoms. The molecule has 0 amide bonds. The van der Waals surface area contributed by atoms with Crippen molar-refractivity contribution in [2.75, 3.05) is 13.1 Å². The molecule has 0 saturated carbocycles. The lowest BCUT2D eigenvalue weighted by Crippen LogP contribution is -2.36. The molecule has 1 aromatic carbocycles. The number of nitrogens with one attached hydrogen (secondary N) is 1. The van der Waals surface area contributed by atoms with Crippen molar-refractivity contribution in [2.45, 2.75) is 25.9 Å². The molecule has 1 atom stereocenters. The SMILES string of the molecule is O=C(O)c1cn(C[C@@H]2CCCN(Cc3cc4ccccc4[nH]3)C2)nn1. The highest BCUT2D eigenvalue weighted by Gasteiger charge is 2.22. The van der Waals surface area contributed by atoms with Gasteiger partial charge in [0.05, 0.1) is 6.20 Å². The molecule has 3 heterocycles. The van der Waals surface area contributed by atoms with Crippen LogP contribution in [-0.2, 0) is 13.1 Å². The molecule has 4 rings (SSSR count). The summed E-state index contributed by atoms with van der Waals surface area (Å²) in [6, 6.07) is 10.5. The summed E-state index contributed by atoms with van der Waals surface area (Å²) < 4.78 is 1.65. The second kappa shape index (κ2) is 6.68. The van der Waals surface area contributed by atoms with Gasteiger partial charge < -0.3 is 10.1 Å². The van der Waals surface area contributed by atoms with Gasteiger partial charge in [-0.2, -0.15) is 0 Å². The van der Waals surface area contributed by atoms with E-state index in [9.17, 15) is 4.79 Å². The molecule has 7 heteroatoms. The molecule has 1 aliphatic rings. The summed E-state index contributed by atoms with van der Waals surface area (Å²) in [5.74, 6) is -0.572. The zero-order valence-electron chi connectivity index (χ0n) is 13.9. The zero-order valence-corrected chi connectivity index (χ0v) is 13.9. The Balaban J connectivity index is 1.39. The fourth-order valence-corrected chi connectivity index (χ4v) is 3.65. The first-order chi connectivity index (χ1) is 12.2. The van der Waals surface area contributed by atoms with Gasteiger partial charge in [-0.1, -0.05) is 23.4 Å². The molecule has 0 aliphatic carbocycles. The van der Waals surface area contributed by atoms with E-state index in [1.807, 2.05) is 6.07 Å². The molecule has 7 nitrogen and oxygen atoms in total. The smallest absolute Gasteiger partial charge is 0.358 e. The molecule has 0 spiro atoms. The summed E-state index contributed by atoms with van der Waals surface area (Å²) >= 11 is 0. The van der Waals surface area contributed by atoms with Gasteiger partial charge in [0, 0.05) is 30.8 Å². The van der Waals surface area contributed by atoms with Gasteiger partial charge in [-0.15, -0.1) is 5.10 Å². The van der Waals surface area contributed by atoms with E-state index < -0.39 is 5.97 Å². The van der Waals surface area contributed by atoms with E-state index in [0.29, 0.717) is 12.5 Å². The Bertz CT molecular complexity index is 851. The van der Waals surface area contributed by atoms with Gasteiger partial charge in [-0.3, -0.25) is 9.58 Å². The lowest BCUT2D eigenvalue weighted by Gasteiger charge is -2.32. The fourth-order valence-electron chi connectivity index (χ4n) is 3.65. The molecule has 0 unspecified atom stereocenters. The standard InChI is InChI=1S/C18H21N5O2/c24-18(25)17-12-23(21-20-17)10-13-4-3-7-22(9-13)11-15-8-14-5-1-2-6-16(14)19-15/h1-2,5-6,8,12-13,19H,3-4,7,9-11H2,(H,24,25)/t13-/m1/s1. The topological polar surface area (TPSA) is 87.0 Å². The summed E-state index contributed by atoms with van der Waals surface area (Å²) in [5.41, 5.74) is 2.41. The quantitative estimate of drug-likeness (QED) is 0.745. The van der Waals surface area contributed by atoms with Gasteiger partial charge in [0.2, 0.25) is 0 Å². The Labute approximate surface area is 145 Å². The van der Waals surface area contributed by atoms with Crippen molar-refractivity contribution in [2.24, 2.45) is 5.92 Å². The number of aromatic nitrogens is 4. The molecule has 130 valence electrons. The molecular weight excluding hydrogens is 318 g/mol. The minimum atomic E-state index is -1.03. The van der Waals surface area contributed by atoms with Crippen molar-refractivity contribution in [1.82, 2.24) is 24.9 Å². The molecule has 2 aromatic heterocycles. The number of para-hydroxylation sites is 1. The molecule has 1 saturated heterocycles. The number of hydrogen-bond donors (Lipinski definition) is 2. The third-order valence-electron chi connectivity index (χ3n) is 4.79. The van der Waals surface area contributed by atoms with Crippen LogP contribution in [0.3, 0.4) is 0 Å². The number of aromatic carboxylic acids is 1. The highest BCUT2D eigenvalue weighted by Crippen LogP contribution is 2.21. The van der Waals surface area contributed by atoms with Crippen LogP contribution in [0.25, 0.3) is 10.9 Å². The number of rotatable bonds is 5. The maximum Gasteiger partial charge on any atom is 0.358 e. The van der Waals surface area contributed by atoms with Crippen LogP contribution in [-0.4, -0.2) is 49.0 Å². The third kappa shape index (κ3) is 3.56. The molecule has 1 fully saturated rings. The Morgan fingerprint density at radius 3 is 3.04 bits per heavy atom. The normalized spacial score (nSPS) is 18.6. The number of hydrogen-bond acceptors (Lipinski definition) is 4. The first-order valence-corrected chi connectivity index (χ1v) is 8.60. The van der Waals surface area contributed by atoms with E-state index in [0.717, 1.165) is 32.5 Å². The number of carboxylic acids is 1. The van der Waals surface area contributed by atoms with Crippen LogP contribution in [0.1, 0.15) is 29.0 Å². The van der Waals surface area contributed by atoms with Crippen LogP contribution in [0.15, 0.2) is 36.5 Å². The van der Waals surface area contributed by atoms with E-state index in [1.165, 1.54) is 22.8 Å². The predicted molar refractivity (Wildman–Crippen MR) is 93.3 cm³/mol. The van der Waals surface area contributed by atoms with E-state index in [1.54, 1.807) is 4.68 Å². The monoisotopic (exact) mass is 339 g/mol. The highest BCUT2D eigenvalue weighted by molar-refractivity contribution is 5.84. The second-order valence-corrected chi connectivity index (χ2v) is 6.76. The third-order valence-corrected chi connectivity index (χ3v) is 4.79. The Morgan fingerprint density at radius 2 is 2.24 bits per heavy atom. The van der Waals surface area contributed by atoms with Crippen molar-refractivity contribution in [1.29, 1.82) is 0 Å². The van der Waals surface area contributed by atoms with Crippen LogP contribution < -0.4 is 0 Å². The van der Waals surface area contributed by atoms with Crippen LogP contribution in [0.5, 0.6) is 0 Å². The number of carbonyl (C=O) groups is 1. The molecule has 3 aromatic rings. The van der Waals surface area contributed by atoms with E-state index in [-0.39, 0.29) is 5.69 Å². The maximum atomic E-state index is 10.9. The fraction of sp³-hybridized carbons (Fsp3) is 0.389. The molecule has 0 radical (unpaired) electrons. The summed E-state index contributed by atoms with van der Waals surface area (Å²) in [6.07, 6.45) is 3.79. The van der Waals surface area contributed by atoms with Crippen molar-refractivity contribution in [3.8, 4) is 0 Å². The van der Waals surface area contributed by atoms with E-state index in [4.69, 9.17) is 5.11 Å². The minimum Gasteiger partial charge on any atom is -0.476 e. The largest absolute Gasteiger partial charge is 0.476 e. The van der Waals surface area contributed by atoms with Gasteiger partial charge in [-0.25, -0.2) is 4.79 Å². The van der Waals surface area contributed by atoms with Gasteiger partial charge >= 0.3 is 5.97 Å². The first kappa shape index (κ1) is 15.8. The summed E-state index contributed by atoms with van der Waals surface area (Å²) in [5, 5.41) is 17.8. The number of carboxylic acid groups (broad SMARTS) is 1. The lowest BCUT2D eigenvalue weighted by molar-refractivity contribution is 0.0690. The molecular formula is C18H21N5O2. The Kier molecular flexibility index (Phi) is 4.23. The van der Waals surface area contributed by atoms with Gasteiger partial charge in [0.25, 0.3) is 0 Å². The van der Waals surface area contributed by atoms with Gasteiger partial charge in [-0.05, 0) is 42.8 Å². The molecule has 2 N–H and O–H groups in total. The number of nitrogens with zero attached hydrogens (tertiary/aromatic N) is 4. The molecule has 0 bridgehead atoms. The maximum absolute atomic E-state index is 10.9. The predicted octanol–water partition coefficient (Wildman–Crippen LogP) is 2.37. The van der Waals surface area contributed by atoms with Crippen LogP contribution in [0, 0.1) is 5.92 Å². The minimum absolute atomic E-state index is 0.00532. The number of aromatic amines is 1. The van der Waals surface area contributed by atoms with E-state index in [2.05, 4.69) is 44.5 Å². The Hall–Kier alpha value is -2.67. The average molecular weight is 339 g/mol.